The smallest absolute Gasteiger partial charge is 0.203 e. The minimum atomic E-state index is 0.567. The van der Waals surface area contributed by atoms with Gasteiger partial charge in [-0.05, 0) is 39.8 Å². The van der Waals surface area contributed by atoms with Crippen molar-refractivity contribution in [2.45, 2.75) is 51.1 Å². The monoisotopic (exact) mass is 248 g/mol. The molecule has 1 unspecified atom stereocenters. The zero-order valence-corrected chi connectivity index (χ0v) is 11.5. The highest BCUT2D eigenvalue weighted by Gasteiger charge is 2.24. The van der Waals surface area contributed by atoms with Gasteiger partial charge in [-0.1, -0.05) is 12.8 Å². The van der Waals surface area contributed by atoms with Crippen molar-refractivity contribution in [3.8, 4) is 0 Å². The highest BCUT2D eigenvalue weighted by Crippen LogP contribution is 2.32. The van der Waals surface area contributed by atoms with Gasteiger partial charge in [-0.15, -0.1) is 0 Å². The third-order valence-corrected chi connectivity index (χ3v) is 4.30. The SMILES string of the molecule is Cc1cn(C2CCCC2)c(NC2CCN(C)C2)n1. The van der Waals surface area contributed by atoms with Crippen LogP contribution in [-0.4, -0.2) is 40.6 Å². The predicted molar refractivity (Wildman–Crippen MR) is 74.0 cm³/mol. The molecule has 1 aliphatic carbocycles. The van der Waals surface area contributed by atoms with Crippen LogP contribution >= 0.6 is 0 Å². The van der Waals surface area contributed by atoms with Crippen molar-refractivity contribution in [2.24, 2.45) is 0 Å². The number of hydrogen-bond donors (Lipinski definition) is 1. The van der Waals surface area contributed by atoms with Crippen molar-refractivity contribution < 1.29 is 0 Å². The van der Waals surface area contributed by atoms with Gasteiger partial charge in [0.1, 0.15) is 0 Å². The minimum Gasteiger partial charge on any atom is -0.352 e. The molecule has 100 valence electrons. The highest BCUT2D eigenvalue weighted by atomic mass is 15.3. The zero-order chi connectivity index (χ0) is 12.5. The van der Waals surface area contributed by atoms with Crippen LogP contribution in [0.1, 0.15) is 43.8 Å². The average Bonchev–Trinajstić information content (AvgIpc) is 3.01. The van der Waals surface area contributed by atoms with Crippen LogP contribution in [0.4, 0.5) is 5.95 Å². The van der Waals surface area contributed by atoms with Crippen LogP contribution in [0.5, 0.6) is 0 Å². The number of likely N-dealkylation sites (tertiary alicyclic amines) is 1. The quantitative estimate of drug-likeness (QED) is 0.892. The van der Waals surface area contributed by atoms with Crippen molar-refractivity contribution in [1.82, 2.24) is 14.5 Å². The molecule has 1 saturated heterocycles. The number of nitrogens with zero attached hydrogens (tertiary/aromatic N) is 3. The Morgan fingerprint density at radius 1 is 1.28 bits per heavy atom. The molecule has 1 aromatic heterocycles. The Balaban J connectivity index is 1.74. The lowest BCUT2D eigenvalue weighted by atomic mass is 10.2. The number of likely N-dealkylation sites (N-methyl/N-ethyl adjacent to an activating group) is 1. The van der Waals surface area contributed by atoms with Gasteiger partial charge in [-0.3, -0.25) is 0 Å². The molecule has 1 N–H and O–H groups in total. The van der Waals surface area contributed by atoms with E-state index < -0.39 is 0 Å². The summed E-state index contributed by atoms with van der Waals surface area (Å²) in [6.45, 7) is 4.43. The van der Waals surface area contributed by atoms with E-state index in [0.717, 1.165) is 18.2 Å². The summed E-state index contributed by atoms with van der Waals surface area (Å²) in [6, 6.07) is 1.24. The van der Waals surface area contributed by atoms with Gasteiger partial charge in [-0.2, -0.15) is 0 Å². The molecule has 1 aromatic rings. The summed E-state index contributed by atoms with van der Waals surface area (Å²) in [5.41, 5.74) is 1.13. The molecule has 0 aromatic carbocycles. The van der Waals surface area contributed by atoms with Crippen LogP contribution in [0.25, 0.3) is 0 Å². The topological polar surface area (TPSA) is 33.1 Å². The first-order valence-electron chi connectivity index (χ1n) is 7.23. The van der Waals surface area contributed by atoms with Crippen LogP contribution in [-0.2, 0) is 0 Å². The maximum Gasteiger partial charge on any atom is 0.203 e. The lowest BCUT2D eigenvalue weighted by molar-refractivity contribution is 0.413. The van der Waals surface area contributed by atoms with Crippen LogP contribution < -0.4 is 5.32 Å². The lowest BCUT2D eigenvalue weighted by Gasteiger charge is -2.18. The van der Waals surface area contributed by atoms with Crippen molar-refractivity contribution in [2.75, 3.05) is 25.5 Å². The van der Waals surface area contributed by atoms with E-state index in [2.05, 4.69) is 39.9 Å². The largest absolute Gasteiger partial charge is 0.352 e. The molecular formula is C14H24N4. The summed E-state index contributed by atoms with van der Waals surface area (Å²) in [6.07, 6.45) is 8.81. The summed E-state index contributed by atoms with van der Waals surface area (Å²) in [5.74, 6) is 1.10. The van der Waals surface area contributed by atoms with Crippen molar-refractivity contribution in [3.05, 3.63) is 11.9 Å². The van der Waals surface area contributed by atoms with E-state index in [9.17, 15) is 0 Å². The molecule has 0 radical (unpaired) electrons. The van der Waals surface area contributed by atoms with Crippen LogP contribution in [0, 0.1) is 6.92 Å². The summed E-state index contributed by atoms with van der Waals surface area (Å²) in [7, 11) is 2.19. The molecule has 4 nitrogen and oxygen atoms in total. The van der Waals surface area contributed by atoms with Crippen LogP contribution in [0.15, 0.2) is 6.20 Å². The summed E-state index contributed by atoms with van der Waals surface area (Å²) >= 11 is 0. The molecule has 3 rings (SSSR count). The first-order valence-corrected chi connectivity index (χ1v) is 7.23. The molecule has 2 fully saturated rings. The number of aryl methyl sites for hydroxylation is 1. The first-order chi connectivity index (χ1) is 8.72. The van der Waals surface area contributed by atoms with E-state index in [1.54, 1.807) is 0 Å². The van der Waals surface area contributed by atoms with Gasteiger partial charge in [0, 0.05) is 24.8 Å². The number of rotatable bonds is 3. The maximum absolute atomic E-state index is 4.68. The minimum absolute atomic E-state index is 0.567. The fourth-order valence-corrected chi connectivity index (χ4v) is 3.32. The molecule has 18 heavy (non-hydrogen) atoms. The normalized spacial score (nSPS) is 26.0. The van der Waals surface area contributed by atoms with E-state index in [0.29, 0.717) is 12.1 Å². The second-order valence-electron chi connectivity index (χ2n) is 5.94. The Morgan fingerprint density at radius 3 is 2.72 bits per heavy atom. The van der Waals surface area contributed by atoms with Gasteiger partial charge in [0.15, 0.2) is 0 Å². The second-order valence-corrected chi connectivity index (χ2v) is 5.94. The predicted octanol–water partition coefficient (Wildman–Crippen LogP) is 2.42. The Hall–Kier alpha value is -1.03. The Labute approximate surface area is 109 Å². The maximum atomic E-state index is 4.68. The van der Waals surface area contributed by atoms with Crippen LogP contribution in [0.3, 0.4) is 0 Å². The molecule has 2 heterocycles. The van der Waals surface area contributed by atoms with Gasteiger partial charge >= 0.3 is 0 Å². The number of nitrogens with one attached hydrogen (secondary N) is 1. The van der Waals surface area contributed by atoms with Gasteiger partial charge < -0.3 is 14.8 Å². The summed E-state index contributed by atoms with van der Waals surface area (Å²) < 4.78 is 2.39. The van der Waals surface area contributed by atoms with Crippen molar-refractivity contribution in [1.29, 1.82) is 0 Å². The molecule has 0 spiro atoms. The number of aromatic nitrogens is 2. The molecule has 1 atom stereocenters. The molecule has 1 saturated carbocycles. The van der Waals surface area contributed by atoms with E-state index in [4.69, 9.17) is 0 Å². The third kappa shape index (κ3) is 2.39. The fraction of sp³-hybridized carbons (Fsp3) is 0.786. The van der Waals surface area contributed by atoms with Gasteiger partial charge in [0.05, 0.1) is 5.69 Å². The zero-order valence-electron chi connectivity index (χ0n) is 11.5. The molecule has 0 amide bonds. The first kappa shape index (κ1) is 12.0. The summed E-state index contributed by atoms with van der Waals surface area (Å²) in [4.78, 5) is 7.06. The van der Waals surface area contributed by atoms with Crippen molar-refractivity contribution in [3.63, 3.8) is 0 Å². The third-order valence-electron chi connectivity index (χ3n) is 4.30. The Bertz CT molecular complexity index is 406. The average molecular weight is 248 g/mol. The molecule has 4 heteroatoms. The standard InChI is InChI=1S/C14H24N4/c1-11-9-18(13-5-3-4-6-13)14(15-11)16-12-7-8-17(2)10-12/h9,12-13H,3-8,10H2,1-2H3,(H,15,16). The number of anilines is 1. The highest BCUT2D eigenvalue weighted by molar-refractivity contribution is 5.32. The van der Waals surface area contributed by atoms with Crippen molar-refractivity contribution >= 4 is 5.95 Å². The van der Waals surface area contributed by atoms with Gasteiger partial charge in [0.2, 0.25) is 5.95 Å². The Morgan fingerprint density at radius 2 is 2.06 bits per heavy atom. The van der Waals surface area contributed by atoms with Gasteiger partial charge in [0.25, 0.3) is 0 Å². The van der Waals surface area contributed by atoms with E-state index in [1.165, 1.54) is 38.6 Å². The Kier molecular flexibility index (Phi) is 3.29. The molecule has 1 aliphatic heterocycles. The molecular weight excluding hydrogens is 224 g/mol. The van der Waals surface area contributed by atoms with E-state index in [-0.39, 0.29) is 0 Å². The lowest BCUT2D eigenvalue weighted by Crippen LogP contribution is -2.25. The van der Waals surface area contributed by atoms with Crippen LogP contribution in [0.2, 0.25) is 0 Å². The van der Waals surface area contributed by atoms with E-state index in [1.807, 2.05) is 0 Å². The summed E-state index contributed by atoms with van der Waals surface area (Å²) in [5, 5.41) is 3.65. The van der Waals surface area contributed by atoms with E-state index >= 15 is 0 Å². The second kappa shape index (κ2) is 4.92. The fourth-order valence-electron chi connectivity index (χ4n) is 3.32. The van der Waals surface area contributed by atoms with Gasteiger partial charge in [-0.25, -0.2) is 4.98 Å². The molecule has 0 bridgehead atoms. The number of hydrogen-bond acceptors (Lipinski definition) is 3. The number of imidazole rings is 1. The molecule has 2 aliphatic rings.